The minimum absolute atomic E-state index is 0.0868. The first-order valence-electron chi connectivity index (χ1n) is 7.63. The Morgan fingerprint density at radius 1 is 1.12 bits per heavy atom. The van der Waals surface area contributed by atoms with E-state index in [0.29, 0.717) is 24.5 Å². The highest BCUT2D eigenvalue weighted by Gasteiger charge is 2.14. The predicted octanol–water partition coefficient (Wildman–Crippen LogP) is 3.52. The summed E-state index contributed by atoms with van der Waals surface area (Å²) in [6.45, 7) is 0.754. The van der Waals surface area contributed by atoms with Gasteiger partial charge >= 0.3 is 0 Å². The van der Waals surface area contributed by atoms with E-state index >= 15 is 0 Å². The summed E-state index contributed by atoms with van der Waals surface area (Å²) in [7, 11) is 1.73. The Balaban J connectivity index is 1.65. The molecule has 2 aromatic carbocycles. The van der Waals surface area contributed by atoms with E-state index in [9.17, 15) is 9.18 Å². The second-order valence-electron chi connectivity index (χ2n) is 5.40. The molecule has 122 valence electrons. The third kappa shape index (κ3) is 3.51. The molecule has 24 heavy (non-hydrogen) atoms. The van der Waals surface area contributed by atoms with Gasteiger partial charge in [0.25, 0.3) is 5.91 Å². The Morgan fingerprint density at radius 3 is 2.71 bits per heavy atom. The second-order valence-corrected chi connectivity index (χ2v) is 5.40. The molecule has 3 rings (SSSR count). The number of likely N-dealkylation sites (N-methyl/N-ethyl adjacent to an activating group) is 1. The number of rotatable bonds is 5. The smallest absolute Gasteiger partial charge is 0.254 e. The number of benzene rings is 2. The van der Waals surface area contributed by atoms with Crippen molar-refractivity contribution in [1.82, 2.24) is 9.88 Å². The molecule has 0 aliphatic heterocycles. The number of ether oxygens (including phenoxy) is 1. The van der Waals surface area contributed by atoms with Crippen molar-refractivity contribution in [3.8, 4) is 5.75 Å². The highest BCUT2D eigenvalue weighted by atomic mass is 19.1. The van der Waals surface area contributed by atoms with Crippen LogP contribution in [0.2, 0.25) is 0 Å². The van der Waals surface area contributed by atoms with Crippen molar-refractivity contribution in [1.29, 1.82) is 0 Å². The molecule has 4 nitrogen and oxygen atoms in total. The summed E-state index contributed by atoms with van der Waals surface area (Å²) in [4.78, 5) is 18.5. The first-order valence-corrected chi connectivity index (χ1v) is 7.63. The number of hydrogen-bond donors (Lipinski definition) is 0. The fourth-order valence-corrected chi connectivity index (χ4v) is 2.43. The van der Waals surface area contributed by atoms with E-state index < -0.39 is 0 Å². The van der Waals surface area contributed by atoms with Gasteiger partial charge < -0.3 is 9.64 Å². The molecule has 0 aliphatic carbocycles. The molecule has 1 heterocycles. The molecule has 1 amide bonds. The molecular weight excluding hydrogens is 307 g/mol. The molecule has 0 saturated heterocycles. The van der Waals surface area contributed by atoms with Crippen LogP contribution in [0.3, 0.4) is 0 Å². The first kappa shape index (κ1) is 15.9. The molecule has 0 N–H and O–H groups in total. The van der Waals surface area contributed by atoms with Gasteiger partial charge in [-0.25, -0.2) is 4.39 Å². The van der Waals surface area contributed by atoms with Crippen LogP contribution in [0.5, 0.6) is 5.75 Å². The first-order chi connectivity index (χ1) is 11.6. The fraction of sp³-hybridized carbons (Fsp3) is 0.158. The summed E-state index contributed by atoms with van der Waals surface area (Å²) in [5.74, 6) is 0.183. The van der Waals surface area contributed by atoms with Crippen LogP contribution in [0.25, 0.3) is 10.9 Å². The van der Waals surface area contributed by atoms with Crippen LogP contribution in [-0.2, 0) is 0 Å². The monoisotopic (exact) mass is 324 g/mol. The molecule has 0 unspecified atom stereocenters. The Bertz CT molecular complexity index is 844. The second kappa shape index (κ2) is 7.08. The summed E-state index contributed by atoms with van der Waals surface area (Å²) < 4.78 is 18.4. The fourth-order valence-electron chi connectivity index (χ4n) is 2.43. The highest BCUT2D eigenvalue weighted by Crippen LogP contribution is 2.18. The van der Waals surface area contributed by atoms with Crippen LogP contribution in [-0.4, -0.2) is 36.0 Å². The van der Waals surface area contributed by atoms with Crippen molar-refractivity contribution >= 4 is 16.8 Å². The van der Waals surface area contributed by atoms with Gasteiger partial charge in [0.1, 0.15) is 18.2 Å². The lowest BCUT2D eigenvalue weighted by molar-refractivity contribution is 0.0775. The lowest BCUT2D eigenvalue weighted by Crippen LogP contribution is -2.31. The number of carbonyl (C=O) groups excluding carboxylic acids is 1. The number of hydrogen-bond acceptors (Lipinski definition) is 3. The number of fused-ring (bicyclic) bond motifs is 1. The Morgan fingerprint density at radius 2 is 1.92 bits per heavy atom. The van der Waals surface area contributed by atoms with Gasteiger partial charge in [-0.05, 0) is 42.5 Å². The van der Waals surface area contributed by atoms with Crippen molar-refractivity contribution in [3.63, 3.8) is 0 Å². The third-order valence-corrected chi connectivity index (χ3v) is 3.73. The summed E-state index contributed by atoms with van der Waals surface area (Å²) in [5.41, 5.74) is 1.41. The number of halogens is 1. The lowest BCUT2D eigenvalue weighted by atomic mass is 10.1. The van der Waals surface area contributed by atoms with Crippen LogP contribution in [0.15, 0.2) is 60.8 Å². The number of aromatic nitrogens is 1. The Labute approximate surface area is 139 Å². The molecule has 0 atom stereocenters. The molecule has 0 bridgehead atoms. The lowest BCUT2D eigenvalue weighted by Gasteiger charge is -2.18. The van der Waals surface area contributed by atoms with Crippen molar-refractivity contribution in [2.75, 3.05) is 20.2 Å². The molecule has 5 heteroatoms. The van der Waals surface area contributed by atoms with E-state index in [1.165, 1.54) is 12.1 Å². The third-order valence-electron chi connectivity index (χ3n) is 3.73. The molecule has 0 saturated carbocycles. The number of amides is 1. The highest BCUT2D eigenvalue weighted by molar-refractivity contribution is 6.06. The summed E-state index contributed by atoms with van der Waals surface area (Å²) in [6.07, 6.45) is 1.71. The molecule has 0 aliphatic rings. The maximum Gasteiger partial charge on any atom is 0.254 e. The summed E-state index contributed by atoms with van der Waals surface area (Å²) in [5, 5.41) is 0.830. The number of carbonyl (C=O) groups is 1. The quantitative estimate of drug-likeness (QED) is 0.721. The van der Waals surface area contributed by atoms with Crippen molar-refractivity contribution in [2.24, 2.45) is 0 Å². The zero-order valence-electron chi connectivity index (χ0n) is 13.3. The van der Waals surface area contributed by atoms with Gasteiger partial charge in [0.15, 0.2) is 0 Å². The summed E-state index contributed by atoms with van der Waals surface area (Å²) in [6, 6.07) is 15.0. The van der Waals surface area contributed by atoms with Crippen LogP contribution in [0, 0.1) is 5.82 Å². The topological polar surface area (TPSA) is 42.4 Å². The predicted molar refractivity (Wildman–Crippen MR) is 90.6 cm³/mol. The average Bonchev–Trinajstić information content (AvgIpc) is 2.62. The van der Waals surface area contributed by atoms with Crippen molar-refractivity contribution in [3.05, 3.63) is 72.2 Å². The van der Waals surface area contributed by atoms with E-state index in [4.69, 9.17) is 4.74 Å². The van der Waals surface area contributed by atoms with Gasteiger partial charge in [0, 0.05) is 24.2 Å². The van der Waals surface area contributed by atoms with Gasteiger partial charge in [0.05, 0.1) is 12.1 Å². The van der Waals surface area contributed by atoms with Crippen LogP contribution >= 0.6 is 0 Å². The molecule has 0 spiro atoms. The van der Waals surface area contributed by atoms with Crippen LogP contribution in [0.1, 0.15) is 10.4 Å². The van der Waals surface area contributed by atoms with E-state index in [2.05, 4.69) is 4.98 Å². The molecule has 0 radical (unpaired) electrons. The van der Waals surface area contributed by atoms with Crippen LogP contribution in [0.4, 0.5) is 4.39 Å². The van der Waals surface area contributed by atoms with Crippen molar-refractivity contribution in [2.45, 2.75) is 0 Å². The average molecular weight is 324 g/mol. The molecule has 3 aromatic rings. The van der Waals surface area contributed by atoms with Gasteiger partial charge in [-0.3, -0.25) is 9.78 Å². The van der Waals surface area contributed by atoms with E-state index in [0.717, 1.165) is 10.9 Å². The SMILES string of the molecule is CN(CCOc1ccc(F)cc1)C(=O)c1cccc2ncccc12. The largest absolute Gasteiger partial charge is 0.492 e. The maximum atomic E-state index is 12.8. The van der Waals surface area contributed by atoms with E-state index in [1.807, 2.05) is 24.3 Å². The van der Waals surface area contributed by atoms with Gasteiger partial charge in [-0.2, -0.15) is 0 Å². The zero-order chi connectivity index (χ0) is 16.9. The molecule has 0 fully saturated rings. The maximum absolute atomic E-state index is 12.8. The van der Waals surface area contributed by atoms with Crippen molar-refractivity contribution < 1.29 is 13.9 Å². The molecular formula is C19H17FN2O2. The van der Waals surface area contributed by atoms with Crippen LogP contribution < -0.4 is 4.74 Å². The van der Waals surface area contributed by atoms with Gasteiger partial charge in [-0.15, -0.1) is 0 Å². The standard InChI is InChI=1S/C19H17FN2O2/c1-22(12-13-24-15-9-7-14(20)8-10-15)19(23)17-4-2-6-18-16(17)5-3-11-21-18/h2-11H,12-13H2,1H3. The number of nitrogens with zero attached hydrogens (tertiary/aromatic N) is 2. The Kier molecular flexibility index (Phi) is 4.70. The number of pyridine rings is 1. The minimum Gasteiger partial charge on any atom is -0.492 e. The molecule has 1 aromatic heterocycles. The normalized spacial score (nSPS) is 10.6. The zero-order valence-corrected chi connectivity index (χ0v) is 13.3. The van der Waals surface area contributed by atoms with Gasteiger partial charge in [-0.1, -0.05) is 12.1 Å². The van der Waals surface area contributed by atoms with E-state index in [-0.39, 0.29) is 11.7 Å². The summed E-state index contributed by atoms with van der Waals surface area (Å²) >= 11 is 0. The van der Waals surface area contributed by atoms with Gasteiger partial charge in [0.2, 0.25) is 0 Å². The van der Waals surface area contributed by atoms with E-state index in [1.54, 1.807) is 36.3 Å². The Hall–Kier alpha value is -2.95. The minimum atomic E-state index is -0.306.